The van der Waals surface area contributed by atoms with Gasteiger partial charge in [0, 0.05) is 5.02 Å². The van der Waals surface area contributed by atoms with Gasteiger partial charge in [-0.15, -0.1) is 0 Å². The highest BCUT2D eigenvalue weighted by Gasteiger charge is 2.10. The van der Waals surface area contributed by atoms with Crippen molar-refractivity contribution in [2.45, 2.75) is 6.61 Å². The van der Waals surface area contributed by atoms with Crippen molar-refractivity contribution in [3.05, 3.63) is 40.5 Å². The SMILES string of the molecule is N/C(=N\OCc1cccc(Cl)c1)c1nonc1N. The smallest absolute Gasteiger partial charge is 0.199 e. The summed E-state index contributed by atoms with van der Waals surface area (Å²) in [5.41, 5.74) is 12.1. The van der Waals surface area contributed by atoms with Crippen LogP contribution in [-0.2, 0) is 11.4 Å². The first-order valence-electron chi connectivity index (χ1n) is 4.95. The lowest BCUT2D eigenvalue weighted by molar-refractivity contribution is 0.130. The summed E-state index contributed by atoms with van der Waals surface area (Å²) in [6, 6.07) is 7.20. The minimum Gasteiger partial charge on any atom is -0.389 e. The summed E-state index contributed by atoms with van der Waals surface area (Å²) in [7, 11) is 0. The maximum atomic E-state index is 5.83. The molecule has 1 aromatic heterocycles. The maximum absolute atomic E-state index is 5.83. The van der Waals surface area contributed by atoms with E-state index < -0.39 is 0 Å². The molecule has 8 heteroatoms. The van der Waals surface area contributed by atoms with Gasteiger partial charge in [0.05, 0.1) is 0 Å². The van der Waals surface area contributed by atoms with E-state index in [1.54, 1.807) is 12.1 Å². The number of nitrogens with zero attached hydrogens (tertiary/aromatic N) is 3. The Balaban J connectivity index is 1.98. The summed E-state index contributed by atoms with van der Waals surface area (Å²) in [5.74, 6) is 0.0541. The molecule has 0 aliphatic carbocycles. The molecule has 4 N–H and O–H groups in total. The third-order valence-corrected chi connectivity index (χ3v) is 2.27. The molecule has 1 aromatic carbocycles. The molecule has 0 spiro atoms. The zero-order chi connectivity index (χ0) is 13.0. The number of hydrogen-bond acceptors (Lipinski definition) is 6. The highest BCUT2D eigenvalue weighted by Crippen LogP contribution is 2.11. The fourth-order valence-corrected chi connectivity index (χ4v) is 1.43. The first-order valence-corrected chi connectivity index (χ1v) is 5.33. The first-order chi connectivity index (χ1) is 8.66. The minimum atomic E-state index is -0.00391. The molecule has 1 heterocycles. The van der Waals surface area contributed by atoms with Crippen LogP contribution in [0.25, 0.3) is 0 Å². The molecule has 0 aliphatic rings. The van der Waals surface area contributed by atoms with Crippen LogP contribution < -0.4 is 11.5 Å². The highest BCUT2D eigenvalue weighted by atomic mass is 35.5. The maximum Gasteiger partial charge on any atom is 0.199 e. The lowest BCUT2D eigenvalue weighted by atomic mass is 10.2. The number of oxime groups is 1. The van der Waals surface area contributed by atoms with Crippen LogP contribution in [0.2, 0.25) is 5.02 Å². The Morgan fingerprint density at radius 2 is 2.28 bits per heavy atom. The molecule has 0 saturated carbocycles. The van der Waals surface area contributed by atoms with E-state index >= 15 is 0 Å². The second-order valence-corrected chi connectivity index (χ2v) is 3.81. The average Bonchev–Trinajstić information content (AvgIpc) is 2.75. The molecular weight excluding hydrogens is 258 g/mol. The van der Waals surface area contributed by atoms with Crippen molar-refractivity contribution in [2.75, 3.05) is 5.73 Å². The number of nitrogen functional groups attached to an aromatic ring is 1. The normalized spacial score (nSPS) is 11.5. The number of amidine groups is 1. The molecule has 0 saturated heterocycles. The molecular formula is C10H10ClN5O2. The van der Waals surface area contributed by atoms with Gasteiger partial charge in [0.1, 0.15) is 6.61 Å². The number of aromatic nitrogens is 2. The predicted molar refractivity (Wildman–Crippen MR) is 65.7 cm³/mol. The average molecular weight is 268 g/mol. The number of anilines is 1. The van der Waals surface area contributed by atoms with Gasteiger partial charge in [0.25, 0.3) is 0 Å². The second kappa shape index (κ2) is 5.37. The largest absolute Gasteiger partial charge is 0.389 e. The van der Waals surface area contributed by atoms with E-state index in [1.807, 2.05) is 12.1 Å². The van der Waals surface area contributed by atoms with Gasteiger partial charge in [-0.1, -0.05) is 28.9 Å². The molecule has 0 aliphatic heterocycles. The molecule has 0 bridgehead atoms. The fourth-order valence-electron chi connectivity index (χ4n) is 1.22. The summed E-state index contributed by atoms with van der Waals surface area (Å²) in [6.45, 7) is 0.229. The lowest BCUT2D eigenvalue weighted by Crippen LogP contribution is -2.16. The van der Waals surface area contributed by atoms with E-state index in [9.17, 15) is 0 Å². The van der Waals surface area contributed by atoms with Gasteiger partial charge < -0.3 is 16.3 Å². The molecule has 0 amide bonds. The Morgan fingerprint density at radius 3 is 2.94 bits per heavy atom. The monoisotopic (exact) mass is 267 g/mol. The Kier molecular flexibility index (Phi) is 3.63. The van der Waals surface area contributed by atoms with Crippen molar-refractivity contribution in [1.82, 2.24) is 10.3 Å². The molecule has 18 heavy (non-hydrogen) atoms. The van der Waals surface area contributed by atoms with Crippen LogP contribution in [0.15, 0.2) is 34.1 Å². The van der Waals surface area contributed by atoms with E-state index in [0.717, 1.165) is 5.56 Å². The summed E-state index contributed by atoms with van der Waals surface area (Å²) >= 11 is 5.83. The molecule has 0 fully saturated rings. The van der Waals surface area contributed by atoms with E-state index in [4.69, 9.17) is 27.9 Å². The van der Waals surface area contributed by atoms with Gasteiger partial charge in [0.15, 0.2) is 17.3 Å². The molecule has 2 aromatic rings. The van der Waals surface area contributed by atoms with Crippen LogP contribution in [0.1, 0.15) is 11.3 Å². The Labute approximate surface area is 107 Å². The lowest BCUT2D eigenvalue weighted by Gasteiger charge is -2.01. The highest BCUT2D eigenvalue weighted by molar-refractivity contribution is 6.30. The van der Waals surface area contributed by atoms with Crippen molar-refractivity contribution >= 4 is 23.3 Å². The van der Waals surface area contributed by atoms with E-state index in [0.29, 0.717) is 5.02 Å². The first kappa shape index (κ1) is 12.2. The Morgan fingerprint density at radius 1 is 1.44 bits per heavy atom. The summed E-state index contributed by atoms with van der Waals surface area (Å²) in [5, 5.41) is 11.1. The third-order valence-electron chi connectivity index (χ3n) is 2.04. The van der Waals surface area contributed by atoms with Gasteiger partial charge in [-0.2, -0.15) is 0 Å². The molecule has 7 nitrogen and oxygen atoms in total. The van der Waals surface area contributed by atoms with Crippen molar-refractivity contribution in [3.8, 4) is 0 Å². The van der Waals surface area contributed by atoms with Crippen molar-refractivity contribution in [3.63, 3.8) is 0 Å². The van der Waals surface area contributed by atoms with Crippen molar-refractivity contribution in [1.29, 1.82) is 0 Å². The Bertz CT molecular complexity index is 569. The van der Waals surface area contributed by atoms with Crippen LogP contribution in [0.5, 0.6) is 0 Å². The van der Waals surface area contributed by atoms with Gasteiger partial charge in [-0.05, 0) is 28.0 Å². The molecule has 2 rings (SSSR count). The predicted octanol–water partition coefficient (Wildman–Crippen LogP) is 1.14. The zero-order valence-electron chi connectivity index (χ0n) is 9.21. The summed E-state index contributed by atoms with van der Waals surface area (Å²) < 4.78 is 4.39. The summed E-state index contributed by atoms with van der Waals surface area (Å²) in [4.78, 5) is 5.05. The molecule has 0 atom stereocenters. The van der Waals surface area contributed by atoms with Crippen molar-refractivity contribution < 1.29 is 9.47 Å². The number of hydrogen-bond donors (Lipinski definition) is 2. The third kappa shape index (κ3) is 2.89. The molecule has 0 unspecified atom stereocenters. The fraction of sp³-hybridized carbons (Fsp3) is 0.100. The zero-order valence-corrected chi connectivity index (χ0v) is 9.96. The number of halogens is 1. The minimum absolute atomic E-state index is 0.00391. The molecule has 0 radical (unpaired) electrons. The molecule has 94 valence electrons. The van der Waals surface area contributed by atoms with Crippen LogP contribution in [-0.4, -0.2) is 16.1 Å². The van der Waals surface area contributed by atoms with Crippen LogP contribution in [0.4, 0.5) is 5.82 Å². The topological polar surface area (TPSA) is 113 Å². The van der Waals surface area contributed by atoms with E-state index in [-0.39, 0.29) is 24.0 Å². The standard InChI is InChI=1S/C10H10ClN5O2/c11-7-3-1-2-6(4-7)5-17-15-9(12)8-10(13)16-18-14-8/h1-4H,5H2,(H2,12,15)(H2,13,16). The van der Waals surface area contributed by atoms with Crippen LogP contribution in [0.3, 0.4) is 0 Å². The summed E-state index contributed by atoms with van der Waals surface area (Å²) in [6.07, 6.45) is 0. The quantitative estimate of drug-likeness (QED) is 0.488. The van der Waals surface area contributed by atoms with Gasteiger partial charge in [0.2, 0.25) is 0 Å². The second-order valence-electron chi connectivity index (χ2n) is 3.38. The van der Waals surface area contributed by atoms with Gasteiger partial charge >= 0.3 is 0 Å². The van der Waals surface area contributed by atoms with Crippen LogP contribution >= 0.6 is 11.6 Å². The number of benzene rings is 1. The van der Waals surface area contributed by atoms with Gasteiger partial charge in [-0.3, -0.25) is 0 Å². The van der Waals surface area contributed by atoms with E-state index in [1.165, 1.54) is 0 Å². The van der Waals surface area contributed by atoms with Gasteiger partial charge in [-0.25, -0.2) is 4.63 Å². The van der Waals surface area contributed by atoms with Crippen LogP contribution in [0, 0.1) is 0 Å². The van der Waals surface area contributed by atoms with Crippen molar-refractivity contribution in [2.24, 2.45) is 10.9 Å². The Hall–Kier alpha value is -2.28. The number of nitrogens with two attached hydrogens (primary N) is 2. The number of rotatable bonds is 4. The van der Waals surface area contributed by atoms with E-state index in [2.05, 4.69) is 20.1 Å².